The second kappa shape index (κ2) is 7.44. The number of aryl methyl sites for hydroxylation is 1. The van der Waals surface area contributed by atoms with E-state index >= 15 is 0 Å². The lowest BCUT2D eigenvalue weighted by Crippen LogP contribution is -2.04. The number of benzene rings is 1. The Morgan fingerprint density at radius 2 is 1.91 bits per heavy atom. The fourth-order valence-corrected chi connectivity index (χ4v) is 2.60. The van der Waals surface area contributed by atoms with Gasteiger partial charge in [-0.25, -0.2) is 0 Å². The van der Waals surface area contributed by atoms with Gasteiger partial charge in [-0.05, 0) is 31.5 Å². The Morgan fingerprint density at radius 3 is 2.64 bits per heavy atom. The first-order valence-electron chi connectivity index (χ1n) is 6.66. The molecule has 0 aliphatic rings. The highest BCUT2D eigenvalue weighted by Gasteiger charge is 2.11. The molecule has 0 amide bonds. The molecule has 110 valence electrons. The van der Waals surface area contributed by atoms with E-state index in [0.717, 1.165) is 11.3 Å². The smallest absolute Gasteiger partial charge is 0.137 e. The van der Waals surface area contributed by atoms with Crippen LogP contribution in [0.15, 0.2) is 29.3 Å². The summed E-state index contributed by atoms with van der Waals surface area (Å²) >= 11 is 1.42. The number of thioether (sulfide) groups is 1. The zero-order valence-corrected chi connectivity index (χ0v) is 13.1. The highest BCUT2D eigenvalue weighted by molar-refractivity contribution is 7.99. The molecule has 2 rings (SSSR count). The monoisotopic (exact) mass is 310 g/mol. The van der Waals surface area contributed by atoms with Gasteiger partial charge in [-0.1, -0.05) is 23.9 Å². The van der Waals surface area contributed by atoms with E-state index in [1.54, 1.807) is 18.2 Å². The van der Waals surface area contributed by atoms with Crippen molar-refractivity contribution in [3.05, 3.63) is 46.6 Å². The molecule has 0 saturated carbocycles. The molecule has 22 heavy (non-hydrogen) atoms. The summed E-state index contributed by atoms with van der Waals surface area (Å²) in [4.78, 5) is 0. The summed E-state index contributed by atoms with van der Waals surface area (Å²) in [5.41, 5.74) is 2.70. The van der Waals surface area contributed by atoms with Gasteiger partial charge in [0.1, 0.15) is 22.9 Å². The van der Waals surface area contributed by atoms with Crippen LogP contribution in [0.2, 0.25) is 0 Å². The van der Waals surface area contributed by atoms with E-state index in [9.17, 15) is 5.26 Å². The molecular formula is C16H14N4OS. The number of para-hydroxylation sites is 1. The minimum Gasteiger partial charge on any atom is -0.491 e. The molecule has 0 saturated heterocycles. The number of hydrogen-bond donors (Lipinski definition) is 0. The third-order valence-electron chi connectivity index (χ3n) is 3.12. The zero-order chi connectivity index (χ0) is 15.9. The molecule has 0 spiro atoms. The second-order valence-corrected chi connectivity index (χ2v) is 5.59. The van der Waals surface area contributed by atoms with Crippen LogP contribution in [0, 0.1) is 36.5 Å². The Labute approximate surface area is 133 Å². The Morgan fingerprint density at radius 1 is 1.14 bits per heavy atom. The topological polar surface area (TPSA) is 82.6 Å². The Balaban J connectivity index is 1.97. The average Bonchev–Trinajstić information content (AvgIpc) is 2.55. The highest BCUT2D eigenvalue weighted by atomic mass is 32.2. The minimum absolute atomic E-state index is 0.419. The van der Waals surface area contributed by atoms with Gasteiger partial charge in [0, 0.05) is 5.75 Å². The molecule has 1 aromatic heterocycles. The number of aromatic nitrogens is 2. The molecule has 0 N–H and O–H groups in total. The van der Waals surface area contributed by atoms with E-state index in [2.05, 4.69) is 22.3 Å². The van der Waals surface area contributed by atoms with Crippen molar-refractivity contribution in [3.8, 4) is 17.9 Å². The van der Waals surface area contributed by atoms with Gasteiger partial charge in [0.25, 0.3) is 0 Å². The summed E-state index contributed by atoms with van der Waals surface area (Å²) in [7, 11) is 0. The van der Waals surface area contributed by atoms with Gasteiger partial charge in [-0.15, -0.1) is 5.10 Å². The number of rotatable bonds is 5. The van der Waals surface area contributed by atoms with Gasteiger partial charge in [-0.3, -0.25) is 0 Å². The van der Waals surface area contributed by atoms with Crippen LogP contribution in [0.25, 0.3) is 0 Å². The predicted octanol–water partition coefficient (Wildman–Crippen LogP) is 3.01. The van der Waals surface area contributed by atoms with E-state index in [4.69, 9.17) is 10.00 Å². The maximum absolute atomic E-state index is 9.23. The van der Waals surface area contributed by atoms with Crippen molar-refractivity contribution >= 4 is 11.8 Å². The lowest BCUT2D eigenvalue weighted by Gasteiger charge is -2.08. The van der Waals surface area contributed by atoms with Crippen LogP contribution in [0.5, 0.6) is 5.75 Å². The van der Waals surface area contributed by atoms with Gasteiger partial charge in [0.2, 0.25) is 0 Å². The van der Waals surface area contributed by atoms with Crippen LogP contribution < -0.4 is 4.74 Å². The second-order valence-electron chi connectivity index (χ2n) is 4.51. The molecule has 2 aromatic rings. The summed E-state index contributed by atoms with van der Waals surface area (Å²) in [5.74, 6) is 1.18. The number of ether oxygens (including phenoxy) is 1. The molecule has 1 heterocycles. The summed E-state index contributed by atoms with van der Waals surface area (Å²) < 4.78 is 5.60. The van der Waals surface area contributed by atoms with Crippen molar-refractivity contribution in [2.24, 2.45) is 0 Å². The van der Waals surface area contributed by atoms with Crippen LogP contribution in [0.1, 0.15) is 22.4 Å². The fourth-order valence-electron chi connectivity index (χ4n) is 1.79. The summed E-state index contributed by atoms with van der Waals surface area (Å²) in [5, 5.41) is 26.9. The molecule has 0 aliphatic carbocycles. The molecule has 0 unspecified atom stereocenters. The first-order valence-corrected chi connectivity index (χ1v) is 7.64. The summed E-state index contributed by atoms with van der Waals surface area (Å²) in [6.45, 7) is 4.12. The quantitative estimate of drug-likeness (QED) is 0.623. The van der Waals surface area contributed by atoms with E-state index in [-0.39, 0.29) is 0 Å². The van der Waals surface area contributed by atoms with E-state index in [0.29, 0.717) is 34.3 Å². The molecule has 0 atom stereocenters. The Bertz CT molecular complexity index is 762. The minimum atomic E-state index is 0.419. The van der Waals surface area contributed by atoms with E-state index in [1.807, 2.05) is 19.9 Å². The van der Waals surface area contributed by atoms with Crippen molar-refractivity contribution in [1.82, 2.24) is 10.2 Å². The fraction of sp³-hybridized carbons (Fsp3) is 0.250. The van der Waals surface area contributed by atoms with Crippen LogP contribution in [0.4, 0.5) is 0 Å². The SMILES string of the molecule is Cc1nnc(SCCOc2ccccc2C#N)c(C#N)c1C. The first-order chi connectivity index (χ1) is 10.7. The van der Waals surface area contributed by atoms with Crippen molar-refractivity contribution in [1.29, 1.82) is 10.5 Å². The van der Waals surface area contributed by atoms with Crippen LogP contribution >= 0.6 is 11.8 Å². The Hall–Kier alpha value is -2.57. The summed E-state index contributed by atoms with van der Waals surface area (Å²) in [6.07, 6.45) is 0. The maximum atomic E-state index is 9.23. The third-order valence-corrected chi connectivity index (χ3v) is 4.05. The zero-order valence-electron chi connectivity index (χ0n) is 12.3. The number of hydrogen-bond acceptors (Lipinski definition) is 6. The molecular weight excluding hydrogens is 296 g/mol. The van der Waals surface area contributed by atoms with Crippen molar-refractivity contribution < 1.29 is 4.74 Å². The van der Waals surface area contributed by atoms with Gasteiger partial charge in [0.15, 0.2) is 0 Å². The lowest BCUT2D eigenvalue weighted by molar-refractivity contribution is 0.343. The highest BCUT2D eigenvalue weighted by Crippen LogP contribution is 2.23. The predicted molar refractivity (Wildman–Crippen MR) is 83.6 cm³/mol. The average molecular weight is 310 g/mol. The molecule has 1 aromatic carbocycles. The van der Waals surface area contributed by atoms with Crippen LogP contribution in [-0.2, 0) is 0 Å². The molecule has 0 aliphatic heterocycles. The van der Waals surface area contributed by atoms with Crippen LogP contribution in [0.3, 0.4) is 0 Å². The summed E-state index contributed by atoms with van der Waals surface area (Å²) in [6, 6.07) is 11.4. The molecule has 0 fully saturated rings. The van der Waals surface area contributed by atoms with Gasteiger partial charge in [-0.2, -0.15) is 15.6 Å². The van der Waals surface area contributed by atoms with E-state index in [1.165, 1.54) is 11.8 Å². The van der Waals surface area contributed by atoms with Crippen molar-refractivity contribution in [2.45, 2.75) is 18.9 Å². The van der Waals surface area contributed by atoms with Gasteiger partial charge >= 0.3 is 0 Å². The number of nitrogens with zero attached hydrogens (tertiary/aromatic N) is 4. The van der Waals surface area contributed by atoms with Gasteiger partial charge < -0.3 is 4.74 Å². The van der Waals surface area contributed by atoms with Crippen molar-refractivity contribution in [3.63, 3.8) is 0 Å². The Kier molecular flexibility index (Phi) is 5.35. The lowest BCUT2D eigenvalue weighted by atomic mass is 10.1. The number of nitriles is 2. The largest absolute Gasteiger partial charge is 0.491 e. The maximum Gasteiger partial charge on any atom is 0.137 e. The van der Waals surface area contributed by atoms with Crippen molar-refractivity contribution in [2.75, 3.05) is 12.4 Å². The van der Waals surface area contributed by atoms with Crippen LogP contribution in [-0.4, -0.2) is 22.6 Å². The normalized spacial score (nSPS) is 9.82. The van der Waals surface area contributed by atoms with Gasteiger partial charge in [0.05, 0.1) is 23.4 Å². The first kappa shape index (κ1) is 15.8. The standard InChI is InChI=1S/C16H14N4OS/c1-11-12(2)19-20-16(14(11)10-18)22-8-7-21-15-6-4-3-5-13(15)9-17/h3-6H,7-8H2,1-2H3. The molecule has 6 heteroatoms. The molecule has 0 bridgehead atoms. The third kappa shape index (κ3) is 3.55. The molecule has 5 nitrogen and oxygen atoms in total. The molecule has 0 radical (unpaired) electrons. The van der Waals surface area contributed by atoms with E-state index < -0.39 is 0 Å².